The molecule has 3 N–H and O–H groups in total. The van der Waals surface area contributed by atoms with Gasteiger partial charge < -0.3 is 14.9 Å². The van der Waals surface area contributed by atoms with E-state index in [-0.39, 0.29) is 26.2 Å². The summed E-state index contributed by atoms with van der Waals surface area (Å²) in [5.74, 6) is 0. The molecule has 96 valence electrons. The first kappa shape index (κ1) is 13.6. The zero-order chi connectivity index (χ0) is 12.8. The van der Waals surface area contributed by atoms with Crippen molar-refractivity contribution in [1.82, 2.24) is 9.55 Å². The Morgan fingerprint density at radius 2 is 2.12 bits per heavy atom. The van der Waals surface area contributed by atoms with E-state index >= 15 is 0 Å². The van der Waals surface area contributed by atoms with E-state index in [2.05, 4.69) is 4.98 Å². The second-order valence-electron chi connectivity index (χ2n) is 3.54. The number of nitrogens with zero attached hydrogens (tertiary/aromatic N) is 1. The Hall–Kier alpha value is -1.44. The summed E-state index contributed by atoms with van der Waals surface area (Å²) >= 11 is 0. The second-order valence-corrected chi connectivity index (χ2v) is 3.54. The van der Waals surface area contributed by atoms with Gasteiger partial charge in [-0.3, -0.25) is 14.3 Å². The molecule has 0 fully saturated rings. The topological polar surface area (TPSA) is 105 Å². The molecule has 1 aromatic heterocycles. The number of aliphatic hydroxyl groups excluding tert-OH is 2. The molecule has 0 bridgehead atoms. The molecule has 7 heteroatoms. The van der Waals surface area contributed by atoms with Gasteiger partial charge in [-0.1, -0.05) is 0 Å². The Kier molecular flexibility index (Phi) is 5.08. The van der Waals surface area contributed by atoms with Crippen molar-refractivity contribution < 1.29 is 14.9 Å². The van der Waals surface area contributed by atoms with Crippen molar-refractivity contribution in [2.24, 2.45) is 0 Å². The molecule has 7 nitrogen and oxygen atoms in total. The van der Waals surface area contributed by atoms with Gasteiger partial charge in [0.25, 0.3) is 5.56 Å². The van der Waals surface area contributed by atoms with Crippen LogP contribution in [0.25, 0.3) is 0 Å². The Labute approximate surface area is 97.3 Å². The summed E-state index contributed by atoms with van der Waals surface area (Å²) in [4.78, 5) is 24.9. The van der Waals surface area contributed by atoms with Gasteiger partial charge in [-0.25, -0.2) is 4.79 Å². The van der Waals surface area contributed by atoms with Crippen molar-refractivity contribution in [1.29, 1.82) is 0 Å². The summed E-state index contributed by atoms with van der Waals surface area (Å²) in [6.45, 7) is 1.27. The third-order valence-electron chi connectivity index (χ3n) is 2.23. The third-order valence-corrected chi connectivity index (χ3v) is 2.23. The molecular formula is C10H16N2O5. The summed E-state index contributed by atoms with van der Waals surface area (Å²) in [5, 5.41) is 17.5. The lowest BCUT2D eigenvalue weighted by molar-refractivity contribution is -0.0309. The van der Waals surface area contributed by atoms with Gasteiger partial charge >= 0.3 is 5.69 Å². The molecule has 0 amide bonds. The number of ether oxygens (including phenoxy) is 1. The fraction of sp³-hybridized carbons (Fsp3) is 0.600. The predicted molar refractivity (Wildman–Crippen MR) is 59.8 cm³/mol. The molecule has 0 radical (unpaired) electrons. The van der Waals surface area contributed by atoms with Crippen LogP contribution in [0.1, 0.15) is 18.2 Å². The number of H-pyrrole nitrogens is 1. The van der Waals surface area contributed by atoms with Crippen molar-refractivity contribution in [3.8, 4) is 0 Å². The lowest BCUT2D eigenvalue weighted by atomic mass is 10.3. The molecule has 0 saturated carbocycles. The number of hydrogen-bond donors (Lipinski definition) is 3. The first-order chi connectivity index (χ1) is 8.10. The number of aromatic amines is 1. The number of nitrogens with one attached hydrogen (secondary N) is 1. The summed E-state index contributed by atoms with van der Waals surface area (Å²) in [7, 11) is 0. The summed E-state index contributed by atoms with van der Waals surface area (Å²) in [5.41, 5.74) is -0.673. The summed E-state index contributed by atoms with van der Waals surface area (Å²) in [6, 6.07) is 0. The molecule has 0 spiro atoms. The minimum atomic E-state index is -0.699. The zero-order valence-electron chi connectivity index (χ0n) is 9.55. The van der Waals surface area contributed by atoms with Crippen molar-refractivity contribution in [3.05, 3.63) is 32.6 Å². The SMILES string of the molecule is Cc1cn([C@H](CCO)OCCO)c(=O)[nH]c1=O. The van der Waals surface area contributed by atoms with Crippen LogP contribution in [0, 0.1) is 6.92 Å². The van der Waals surface area contributed by atoms with Crippen LogP contribution in [0.2, 0.25) is 0 Å². The number of aromatic nitrogens is 2. The van der Waals surface area contributed by atoms with E-state index in [1.165, 1.54) is 10.8 Å². The standard InChI is InChI=1S/C10H16N2O5/c1-7-6-12(10(16)11-9(7)15)8(2-3-13)17-5-4-14/h6,8,13-14H,2-5H2,1H3,(H,11,15,16)/t8-/m0/s1. The van der Waals surface area contributed by atoms with Crippen molar-refractivity contribution >= 4 is 0 Å². The van der Waals surface area contributed by atoms with Gasteiger partial charge in [0.2, 0.25) is 0 Å². The molecule has 0 unspecified atom stereocenters. The molecule has 1 rings (SSSR count). The van der Waals surface area contributed by atoms with Crippen LogP contribution in [0.3, 0.4) is 0 Å². The van der Waals surface area contributed by atoms with Crippen LogP contribution in [0.5, 0.6) is 0 Å². The first-order valence-corrected chi connectivity index (χ1v) is 5.25. The number of rotatable bonds is 6. The van der Waals surface area contributed by atoms with Crippen LogP contribution in [-0.2, 0) is 4.74 Å². The quantitative estimate of drug-likeness (QED) is 0.579. The number of aryl methyl sites for hydroxylation is 1. The molecule has 0 aliphatic rings. The molecule has 0 aliphatic carbocycles. The Bertz CT molecular complexity index is 464. The van der Waals surface area contributed by atoms with Crippen LogP contribution in [0.15, 0.2) is 15.8 Å². The highest BCUT2D eigenvalue weighted by molar-refractivity contribution is 5.01. The highest BCUT2D eigenvalue weighted by Gasteiger charge is 2.13. The van der Waals surface area contributed by atoms with Gasteiger partial charge in [-0.05, 0) is 6.92 Å². The fourth-order valence-electron chi connectivity index (χ4n) is 1.40. The fourth-order valence-corrected chi connectivity index (χ4v) is 1.40. The molecule has 0 aliphatic heterocycles. The minimum Gasteiger partial charge on any atom is -0.396 e. The monoisotopic (exact) mass is 244 g/mol. The van der Waals surface area contributed by atoms with Crippen LogP contribution < -0.4 is 11.2 Å². The average molecular weight is 244 g/mol. The number of aliphatic hydroxyl groups is 2. The van der Waals surface area contributed by atoms with E-state index in [9.17, 15) is 9.59 Å². The molecule has 1 atom stereocenters. The van der Waals surface area contributed by atoms with E-state index < -0.39 is 17.5 Å². The smallest absolute Gasteiger partial charge is 0.330 e. The predicted octanol–water partition coefficient (Wildman–Crippen LogP) is -1.27. The van der Waals surface area contributed by atoms with Gasteiger partial charge in [-0.15, -0.1) is 0 Å². The lowest BCUT2D eigenvalue weighted by Gasteiger charge is -2.19. The normalized spacial score (nSPS) is 12.6. The summed E-state index contributed by atoms with van der Waals surface area (Å²) in [6.07, 6.45) is 0.875. The highest BCUT2D eigenvalue weighted by Crippen LogP contribution is 2.09. The molecule has 1 aromatic rings. The van der Waals surface area contributed by atoms with Crippen LogP contribution >= 0.6 is 0 Å². The van der Waals surface area contributed by atoms with Gasteiger partial charge in [0.05, 0.1) is 13.2 Å². The van der Waals surface area contributed by atoms with Crippen molar-refractivity contribution in [2.45, 2.75) is 19.6 Å². The molecule has 0 aromatic carbocycles. The van der Waals surface area contributed by atoms with Gasteiger partial charge in [0.1, 0.15) is 6.23 Å². The Balaban J connectivity index is 3.04. The van der Waals surface area contributed by atoms with Gasteiger partial charge in [-0.2, -0.15) is 0 Å². The van der Waals surface area contributed by atoms with E-state index in [0.29, 0.717) is 5.56 Å². The Morgan fingerprint density at radius 1 is 1.41 bits per heavy atom. The van der Waals surface area contributed by atoms with Crippen LogP contribution in [-0.4, -0.2) is 39.6 Å². The third kappa shape index (κ3) is 3.52. The number of hydrogen-bond acceptors (Lipinski definition) is 5. The minimum absolute atomic E-state index is 0.0509. The molecule has 1 heterocycles. The zero-order valence-corrected chi connectivity index (χ0v) is 9.55. The highest BCUT2D eigenvalue weighted by atomic mass is 16.5. The maximum Gasteiger partial charge on any atom is 0.330 e. The van der Waals surface area contributed by atoms with Gasteiger partial charge in [0.15, 0.2) is 0 Å². The maximum absolute atomic E-state index is 11.6. The van der Waals surface area contributed by atoms with E-state index in [1.54, 1.807) is 6.92 Å². The van der Waals surface area contributed by atoms with Crippen LogP contribution in [0.4, 0.5) is 0 Å². The lowest BCUT2D eigenvalue weighted by Crippen LogP contribution is -2.34. The second kappa shape index (κ2) is 6.33. The first-order valence-electron chi connectivity index (χ1n) is 5.25. The van der Waals surface area contributed by atoms with Gasteiger partial charge in [0, 0.05) is 24.8 Å². The Morgan fingerprint density at radius 3 is 2.71 bits per heavy atom. The van der Waals surface area contributed by atoms with E-state index in [4.69, 9.17) is 14.9 Å². The summed E-state index contributed by atoms with van der Waals surface area (Å²) < 4.78 is 6.42. The van der Waals surface area contributed by atoms with E-state index in [0.717, 1.165) is 0 Å². The largest absolute Gasteiger partial charge is 0.396 e. The molecular weight excluding hydrogens is 228 g/mol. The molecule has 17 heavy (non-hydrogen) atoms. The average Bonchev–Trinajstić information content (AvgIpc) is 2.29. The van der Waals surface area contributed by atoms with E-state index in [1.807, 2.05) is 0 Å². The van der Waals surface area contributed by atoms with Crippen molar-refractivity contribution in [2.75, 3.05) is 19.8 Å². The molecule has 0 saturated heterocycles. The maximum atomic E-state index is 11.6. The van der Waals surface area contributed by atoms with Crippen molar-refractivity contribution in [3.63, 3.8) is 0 Å².